The van der Waals surface area contributed by atoms with Crippen LogP contribution in [0.25, 0.3) is 0 Å². The molecule has 1 aliphatic rings. The summed E-state index contributed by atoms with van der Waals surface area (Å²) in [5.41, 5.74) is 0.776. The third-order valence-corrected chi connectivity index (χ3v) is 3.89. The average molecular weight is 257 g/mol. The van der Waals surface area contributed by atoms with Gasteiger partial charge in [-0.3, -0.25) is 0 Å². The average Bonchev–Trinajstić information content (AvgIpc) is 2.68. The van der Waals surface area contributed by atoms with Crippen molar-refractivity contribution >= 4 is 35.1 Å². The lowest BCUT2D eigenvalue weighted by atomic mass is 10.3. The van der Waals surface area contributed by atoms with Crippen LogP contribution in [-0.4, -0.2) is 28.6 Å². The molecule has 5 heteroatoms. The summed E-state index contributed by atoms with van der Waals surface area (Å²) >= 11 is 7.56. The molecule has 0 aromatic heterocycles. The van der Waals surface area contributed by atoms with Gasteiger partial charge in [0.25, 0.3) is 0 Å². The highest BCUT2D eigenvalue weighted by Gasteiger charge is 2.25. The highest BCUT2D eigenvalue weighted by molar-refractivity contribution is 8.00. The van der Waals surface area contributed by atoms with E-state index in [1.54, 1.807) is 36.0 Å². The number of hydrogen-bond donors (Lipinski definition) is 1. The summed E-state index contributed by atoms with van der Waals surface area (Å²) in [6.07, 6.45) is 0. The van der Waals surface area contributed by atoms with Crippen molar-refractivity contribution in [2.45, 2.75) is 12.3 Å². The zero-order valence-electron chi connectivity index (χ0n) is 8.94. The van der Waals surface area contributed by atoms with Gasteiger partial charge in [0.1, 0.15) is 0 Å². The first-order chi connectivity index (χ1) is 7.66. The van der Waals surface area contributed by atoms with E-state index in [0.717, 1.165) is 18.0 Å². The summed E-state index contributed by atoms with van der Waals surface area (Å²) in [5.74, 6) is 1.01. The van der Waals surface area contributed by atoms with Gasteiger partial charge in [-0.2, -0.15) is 0 Å². The SMILES string of the molecule is C[C@H]1SCCN1C(=O)Nc1ccc(Cl)cc1. The molecule has 1 atom stereocenters. The molecule has 1 N–H and O–H groups in total. The molecule has 0 spiro atoms. The van der Waals surface area contributed by atoms with E-state index in [2.05, 4.69) is 5.32 Å². The van der Waals surface area contributed by atoms with Gasteiger partial charge in [0, 0.05) is 23.0 Å². The Morgan fingerprint density at radius 2 is 2.19 bits per heavy atom. The Balaban J connectivity index is 1.99. The maximum Gasteiger partial charge on any atom is 0.322 e. The van der Waals surface area contributed by atoms with E-state index in [0.29, 0.717) is 5.02 Å². The monoisotopic (exact) mass is 256 g/mol. The van der Waals surface area contributed by atoms with Crippen molar-refractivity contribution in [3.8, 4) is 0 Å². The maximum atomic E-state index is 11.9. The van der Waals surface area contributed by atoms with Crippen LogP contribution >= 0.6 is 23.4 Å². The van der Waals surface area contributed by atoms with Crippen LogP contribution < -0.4 is 5.32 Å². The van der Waals surface area contributed by atoms with E-state index in [9.17, 15) is 4.79 Å². The third-order valence-electron chi connectivity index (χ3n) is 2.49. The van der Waals surface area contributed by atoms with E-state index < -0.39 is 0 Å². The van der Waals surface area contributed by atoms with Gasteiger partial charge in [-0.1, -0.05) is 11.6 Å². The Bertz CT molecular complexity index is 382. The fourth-order valence-electron chi connectivity index (χ4n) is 1.59. The molecule has 0 unspecified atom stereocenters. The van der Waals surface area contributed by atoms with Gasteiger partial charge in [0.2, 0.25) is 0 Å². The summed E-state index contributed by atoms with van der Waals surface area (Å²) in [6, 6.07) is 7.08. The van der Waals surface area contributed by atoms with Crippen molar-refractivity contribution in [1.29, 1.82) is 0 Å². The molecule has 3 nitrogen and oxygen atoms in total. The number of carbonyl (C=O) groups is 1. The van der Waals surface area contributed by atoms with E-state index in [1.165, 1.54) is 0 Å². The second-order valence-corrected chi connectivity index (χ2v) is 5.46. The molecule has 2 rings (SSSR count). The number of urea groups is 1. The van der Waals surface area contributed by atoms with Crippen molar-refractivity contribution in [3.63, 3.8) is 0 Å². The van der Waals surface area contributed by atoms with Crippen LogP contribution in [0.5, 0.6) is 0 Å². The lowest BCUT2D eigenvalue weighted by Gasteiger charge is -2.20. The molecule has 1 aliphatic heterocycles. The number of benzene rings is 1. The molecule has 1 aromatic carbocycles. The van der Waals surface area contributed by atoms with Gasteiger partial charge in [0.05, 0.1) is 5.37 Å². The quantitative estimate of drug-likeness (QED) is 0.837. The Morgan fingerprint density at radius 3 is 2.75 bits per heavy atom. The van der Waals surface area contributed by atoms with Crippen LogP contribution in [0.3, 0.4) is 0 Å². The van der Waals surface area contributed by atoms with Gasteiger partial charge in [0.15, 0.2) is 0 Å². The number of anilines is 1. The standard InChI is InChI=1S/C11H13ClN2OS/c1-8-14(6-7-16-8)11(15)13-10-4-2-9(12)3-5-10/h2-5,8H,6-7H2,1H3,(H,13,15)/t8-/m1/s1. The molecule has 0 aliphatic carbocycles. The summed E-state index contributed by atoms with van der Waals surface area (Å²) in [6.45, 7) is 2.85. The largest absolute Gasteiger partial charge is 0.322 e. The fraction of sp³-hybridized carbons (Fsp3) is 0.364. The zero-order valence-corrected chi connectivity index (χ0v) is 10.5. The molecule has 0 radical (unpaired) electrons. The second-order valence-electron chi connectivity index (χ2n) is 3.60. The number of halogens is 1. The van der Waals surface area contributed by atoms with Gasteiger partial charge >= 0.3 is 6.03 Å². The minimum atomic E-state index is -0.0418. The third kappa shape index (κ3) is 2.62. The summed E-state index contributed by atoms with van der Waals surface area (Å²) in [5, 5.41) is 3.78. The predicted molar refractivity (Wildman–Crippen MR) is 69.1 cm³/mol. The molecule has 1 fully saturated rings. The van der Waals surface area contributed by atoms with E-state index in [-0.39, 0.29) is 11.4 Å². The molecular formula is C11H13ClN2OS. The summed E-state index contributed by atoms with van der Waals surface area (Å²) in [7, 11) is 0. The molecule has 86 valence electrons. The molecule has 1 aromatic rings. The summed E-state index contributed by atoms with van der Waals surface area (Å²) in [4.78, 5) is 13.7. The molecule has 0 saturated carbocycles. The number of carbonyl (C=O) groups excluding carboxylic acids is 1. The predicted octanol–water partition coefficient (Wildman–Crippen LogP) is 3.27. The highest BCUT2D eigenvalue weighted by atomic mass is 35.5. The Kier molecular flexibility index (Phi) is 3.61. The van der Waals surface area contributed by atoms with Crippen LogP contribution in [0.4, 0.5) is 10.5 Å². The maximum absolute atomic E-state index is 11.9. The van der Waals surface area contributed by atoms with Gasteiger partial charge in [-0.05, 0) is 31.2 Å². The van der Waals surface area contributed by atoms with Crippen molar-refractivity contribution < 1.29 is 4.79 Å². The van der Waals surface area contributed by atoms with Crippen molar-refractivity contribution in [3.05, 3.63) is 29.3 Å². The Labute approximate surface area is 104 Å². The zero-order chi connectivity index (χ0) is 11.5. The Morgan fingerprint density at radius 1 is 1.50 bits per heavy atom. The number of amides is 2. The first kappa shape index (κ1) is 11.6. The second kappa shape index (κ2) is 4.97. The minimum Gasteiger partial charge on any atom is -0.312 e. The fourth-order valence-corrected chi connectivity index (χ4v) is 2.74. The van der Waals surface area contributed by atoms with E-state index in [1.807, 2.05) is 11.8 Å². The van der Waals surface area contributed by atoms with Crippen LogP contribution in [0.2, 0.25) is 5.02 Å². The highest BCUT2D eigenvalue weighted by Crippen LogP contribution is 2.23. The molecule has 1 saturated heterocycles. The van der Waals surface area contributed by atoms with Gasteiger partial charge in [-0.15, -0.1) is 11.8 Å². The number of thioether (sulfide) groups is 1. The van der Waals surface area contributed by atoms with Crippen LogP contribution in [0.1, 0.15) is 6.92 Å². The summed E-state index contributed by atoms with van der Waals surface area (Å²) < 4.78 is 0. The van der Waals surface area contributed by atoms with Crippen LogP contribution in [-0.2, 0) is 0 Å². The Hall–Kier alpha value is -0.870. The molecule has 1 heterocycles. The molecule has 2 amide bonds. The van der Waals surface area contributed by atoms with Gasteiger partial charge in [-0.25, -0.2) is 4.79 Å². The van der Waals surface area contributed by atoms with Gasteiger partial charge < -0.3 is 10.2 Å². The first-order valence-electron chi connectivity index (χ1n) is 5.11. The van der Waals surface area contributed by atoms with Crippen LogP contribution in [0, 0.1) is 0 Å². The lowest BCUT2D eigenvalue weighted by Crippen LogP contribution is -2.36. The lowest BCUT2D eigenvalue weighted by molar-refractivity contribution is 0.216. The van der Waals surface area contributed by atoms with E-state index in [4.69, 9.17) is 11.6 Å². The first-order valence-corrected chi connectivity index (χ1v) is 6.54. The number of rotatable bonds is 1. The molecular weight excluding hydrogens is 244 g/mol. The van der Waals surface area contributed by atoms with E-state index >= 15 is 0 Å². The van der Waals surface area contributed by atoms with Crippen LogP contribution in [0.15, 0.2) is 24.3 Å². The molecule has 16 heavy (non-hydrogen) atoms. The smallest absolute Gasteiger partial charge is 0.312 e. The number of nitrogens with one attached hydrogen (secondary N) is 1. The number of hydrogen-bond acceptors (Lipinski definition) is 2. The topological polar surface area (TPSA) is 32.3 Å². The normalized spacial score (nSPS) is 19.9. The van der Waals surface area contributed by atoms with Crippen molar-refractivity contribution in [2.24, 2.45) is 0 Å². The van der Waals surface area contributed by atoms with Crippen molar-refractivity contribution in [2.75, 3.05) is 17.6 Å². The van der Waals surface area contributed by atoms with Crippen molar-refractivity contribution in [1.82, 2.24) is 4.90 Å². The minimum absolute atomic E-state index is 0.0418. The number of nitrogens with zero attached hydrogens (tertiary/aromatic N) is 1. The molecule has 0 bridgehead atoms.